The molecule has 0 N–H and O–H groups in total. The maximum atomic E-state index is 12.8. The molecular weight excluding hydrogens is 383 g/mol. The number of aromatic nitrogens is 1. The van der Waals surface area contributed by atoms with Gasteiger partial charge in [0.1, 0.15) is 0 Å². The summed E-state index contributed by atoms with van der Waals surface area (Å²) in [6.45, 7) is 0. The van der Waals surface area contributed by atoms with Crippen molar-refractivity contribution in [2.75, 3.05) is 0 Å². The second-order valence-electron chi connectivity index (χ2n) is 6.77. The van der Waals surface area contributed by atoms with Crippen LogP contribution in [-0.4, -0.2) is 11.1 Å². The number of rotatable bonds is 4. The summed E-state index contributed by atoms with van der Waals surface area (Å²) in [6.07, 6.45) is -1.86. The Kier molecular flexibility index (Phi) is 5.05. The molecule has 0 atom stereocenters. The molecule has 1 aliphatic rings. The molecule has 0 saturated carbocycles. The van der Waals surface area contributed by atoms with Crippen molar-refractivity contribution in [2.24, 2.45) is 0 Å². The fraction of sp³-hybridized carbons (Fsp3) is 0.227. The van der Waals surface area contributed by atoms with Crippen LogP contribution in [0.4, 0.5) is 13.2 Å². The summed E-state index contributed by atoms with van der Waals surface area (Å²) in [4.78, 5) is 18.6. The van der Waals surface area contributed by atoms with Crippen LogP contribution in [0.5, 0.6) is 11.5 Å². The Labute approximate surface area is 165 Å². The van der Waals surface area contributed by atoms with Gasteiger partial charge >= 0.3 is 6.36 Å². The van der Waals surface area contributed by atoms with Gasteiger partial charge in [0, 0.05) is 17.2 Å². The molecule has 2 aromatic carbocycles. The van der Waals surface area contributed by atoms with Crippen LogP contribution in [0, 0.1) is 0 Å². The van der Waals surface area contributed by atoms with Gasteiger partial charge in [0.2, 0.25) is 0 Å². The van der Waals surface area contributed by atoms with E-state index in [0.29, 0.717) is 29.8 Å². The van der Waals surface area contributed by atoms with Crippen LogP contribution in [-0.2, 0) is 12.8 Å². The van der Waals surface area contributed by atoms with Crippen LogP contribution in [0.15, 0.2) is 65.5 Å². The predicted molar refractivity (Wildman–Crippen MR) is 102 cm³/mol. The van der Waals surface area contributed by atoms with Crippen LogP contribution >= 0.6 is 0 Å². The van der Waals surface area contributed by atoms with Gasteiger partial charge in [-0.25, -0.2) is 0 Å². The number of hydrogen-bond donors (Lipinski definition) is 0. The Morgan fingerprint density at radius 2 is 1.52 bits per heavy atom. The SMILES string of the molecule is O=c1cc(-c2ccccc2)n(Oc2ccccc2OC(F)(F)F)c2c1CCCC2. The van der Waals surface area contributed by atoms with Crippen LogP contribution in [0.1, 0.15) is 24.1 Å². The first-order chi connectivity index (χ1) is 13.9. The monoisotopic (exact) mass is 401 g/mol. The Hall–Kier alpha value is -3.22. The maximum Gasteiger partial charge on any atom is 0.573 e. The molecule has 0 unspecified atom stereocenters. The minimum atomic E-state index is -4.84. The number of fused-ring (bicyclic) bond motifs is 1. The molecule has 29 heavy (non-hydrogen) atoms. The number of nitrogens with zero attached hydrogens (tertiary/aromatic N) is 1. The summed E-state index contributed by atoms with van der Waals surface area (Å²) >= 11 is 0. The lowest BCUT2D eigenvalue weighted by molar-refractivity contribution is -0.275. The van der Waals surface area contributed by atoms with E-state index in [1.54, 1.807) is 6.07 Å². The molecule has 4 nitrogen and oxygen atoms in total. The first-order valence-electron chi connectivity index (χ1n) is 9.29. The van der Waals surface area contributed by atoms with Crippen molar-refractivity contribution >= 4 is 0 Å². The van der Waals surface area contributed by atoms with Crippen LogP contribution in [0.2, 0.25) is 0 Å². The Bertz CT molecular complexity index is 1070. The van der Waals surface area contributed by atoms with Gasteiger partial charge in [-0.2, -0.15) is 4.73 Å². The summed E-state index contributed by atoms with van der Waals surface area (Å²) in [7, 11) is 0. The van der Waals surface area contributed by atoms with E-state index in [1.165, 1.54) is 29.0 Å². The molecule has 0 aliphatic heterocycles. The molecule has 0 bridgehead atoms. The molecule has 0 spiro atoms. The maximum absolute atomic E-state index is 12.8. The number of pyridine rings is 1. The van der Waals surface area contributed by atoms with E-state index in [0.717, 1.165) is 18.4 Å². The lowest BCUT2D eigenvalue weighted by Crippen LogP contribution is -2.26. The van der Waals surface area contributed by atoms with Gasteiger partial charge in [0.25, 0.3) is 0 Å². The lowest BCUT2D eigenvalue weighted by atomic mass is 9.94. The topological polar surface area (TPSA) is 40.5 Å². The first-order valence-corrected chi connectivity index (χ1v) is 9.29. The average molecular weight is 401 g/mol. The molecule has 1 aliphatic carbocycles. The molecule has 3 aromatic rings. The van der Waals surface area contributed by atoms with E-state index >= 15 is 0 Å². The number of halogens is 3. The molecule has 0 amide bonds. The van der Waals surface area contributed by atoms with Crippen molar-refractivity contribution in [2.45, 2.75) is 32.0 Å². The molecule has 1 aromatic heterocycles. The van der Waals surface area contributed by atoms with Crippen molar-refractivity contribution < 1.29 is 22.7 Å². The second kappa shape index (κ2) is 7.66. The van der Waals surface area contributed by atoms with Crippen molar-refractivity contribution in [3.63, 3.8) is 0 Å². The Morgan fingerprint density at radius 3 is 2.24 bits per heavy atom. The molecule has 1 heterocycles. The van der Waals surface area contributed by atoms with E-state index in [4.69, 9.17) is 4.84 Å². The highest BCUT2D eigenvalue weighted by Gasteiger charge is 2.33. The summed E-state index contributed by atoms with van der Waals surface area (Å²) < 4.78 is 44.0. The lowest BCUT2D eigenvalue weighted by Gasteiger charge is -2.25. The number of hydrogen-bond acceptors (Lipinski definition) is 3. The fourth-order valence-corrected chi connectivity index (χ4v) is 3.54. The minimum Gasteiger partial charge on any atom is -0.402 e. The molecule has 150 valence electrons. The summed E-state index contributed by atoms with van der Waals surface area (Å²) in [5.41, 5.74) is 2.46. The van der Waals surface area contributed by atoms with Gasteiger partial charge in [0.05, 0.1) is 11.4 Å². The second-order valence-corrected chi connectivity index (χ2v) is 6.77. The van der Waals surface area contributed by atoms with Gasteiger partial charge in [0.15, 0.2) is 16.9 Å². The van der Waals surface area contributed by atoms with E-state index in [2.05, 4.69) is 4.74 Å². The third-order valence-corrected chi connectivity index (χ3v) is 4.80. The van der Waals surface area contributed by atoms with E-state index in [-0.39, 0.29) is 11.2 Å². The molecule has 4 rings (SSSR count). The summed E-state index contributed by atoms with van der Waals surface area (Å²) in [5.74, 6) is -0.527. The predicted octanol–water partition coefficient (Wildman–Crippen LogP) is 5.13. The normalized spacial score (nSPS) is 13.6. The van der Waals surface area contributed by atoms with Crippen molar-refractivity contribution in [1.29, 1.82) is 0 Å². The van der Waals surface area contributed by atoms with Crippen molar-refractivity contribution in [3.05, 3.63) is 82.1 Å². The number of benzene rings is 2. The van der Waals surface area contributed by atoms with Gasteiger partial charge in [-0.1, -0.05) is 42.5 Å². The highest BCUT2D eigenvalue weighted by molar-refractivity contribution is 5.60. The van der Waals surface area contributed by atoms with Crippen LogP contribution in [0.25, 0.3) is 11.3 Å². The van der Waals surface area contributed by atoms with E-state index in [9.17, 15) is 18.0 Å². The first kappa shape index (κ1) is 19.1. The number of ether oxygens (including phenoxy) is 1. The zero-order valence-corrected chi connectivity index (χ0v) is 15.4. The molecule has 0 saturated heterocycles. The van der Waals surface area contributed by atoms with E-state index < -0.39 is 12.1 Å². The van der Waals surface area contributed by atoms with Crippen molar-refractivity contribution in [3.8, 4) is 22.8 Å². The third kappa shape index (κ3) is 4.13. The van der Waals surface area contributed by atoms with Gasteiger partial charge in [-0.3, -0.25) is 4.79 Å². The quantitative estimate of drug-likeness (QED) is 0.608. The fourth-order valence-electron chi connectivity index (χ4n) is 3.54. The van der Waals surface area contributed by atoms with Crippen LogP contribution in [0.3, 0.4) is 0 Å². The van der Waals surface area contributed by atoms with Gasteiger partial charge in [-0.15, -0.1) is 13.2 Å². The third-order valence-electron chi connectivity index (χ3n) is 4.80. The average Bonchev–Trinajstić information content (AvgIpc) is 2.71. The van der Waals surface area contributed by atoms with Gasteiger partial charge < -0.3 is 9.57 Å². The van der Waals surface area contributed by atoms with Crippen molar-refractivity contribution in [1.82, 2.24) is 4.73 Å². The largest absolute Gasteiger partial charge is 0.573 e. The Morgan fingerprint density at radius 1 is 0.862 bits per heavy atom. The zero-order chi connectivity index (χ0) is 20.4. The molecule has 7 heteroatoms. The molecule has 0 fully saturated rings. The number of para-hydroxylation sites is 2. The summed E-state index contributed by atoms with van der Waals surface area (Å²) in [5, 5.41) is 0. The van der Waals surface area contributed by atoms with Gasteiger partial charge in [-0.05, 0) is 37.8 Å². The standard InChI is InChI=1S/C22H18F3NO3/c23-22(24,25)28-20-12-6-7-13-21(20)29-26-17-11-5-4-10-16(17)19(27)14-18(26)15-8-2-1-3-9-15/h1-3,6-9,12-14H,4-5,10-11H2. The Balaban J connectivity index is 1.87. The highest BCUT2D eigenvalue weighted by atomic mass is 19.4. The highest BCUT2D eigenvalue weighted by Crippen LogP contribution is 2.34. The van der Waals surface area contributed by atoms with Crippen LogP contribution < -0.4 is 15.0 Å². The smallest absolute Gasteiger partial charge is 0.402 e. The van der Waals surface area contributed by atoms with E-state index in [1.807, 2.05) is 30.3 Å². The molecular formula is C22H18F3NO3. The minimum absolute atomic E-state index is 0.0848. The summed E-state index contributed by atoms with van der Waals surface area (Å²) in [6, 6.07) is 16.2. The zero-order valence-electron chi connectivity index (χ0n) is 15.4. The molecule has 0 radical (unpaired) electrons. The number of alkyl halides is 3.